The van der Waals surface area contributed by atoms with Crippen LogP contribution in [0.1, 0.15) is 19.4 Å². The summed E-state index contributed by atoms with van der Waals surface area (Å²) in [5, 5.41) is 38.5. The molecule has 9 nitrogen and oxygen atoms in total. The van der Waals surface area contributed by atoms with Crippen molar-refractivity contribution in [3.63, 3.8) is 0 Å². The van der Waals surface area contributed by atoms with Gasteiger partial charge in [0.25, 0.3) is 0 Å². The van der Waals surface area contributed by atoms with Gasteiger partial charge in [-0.1, -0.05) is 44.2 Å². The molecule has 5 atom stereocenters. The maximum atomic E-state index is 10.4. The Bertz CT molecular complexity index is 868. The molecule has 3 aliphatic rings. The Kier molecular flexibility index (Phi) is 4.42. The van der Waals surface area contributed by atoms with Gasteiger partial charge in [-0.3, -0.25) is 15.3 Å². The Morgan fingerprint density at radius 3 is 2.57 bits per heavy atom. The number of hydrogen-bond acceptors (Lipinski definition) is 8. The lowest BCUT2D eigenvalue weighted by Gasteiger charge is -2.43. The van der Waals surface area contributed by atoms with Crippen molar-refractivity contribution in [2.75, 3.05) is 6.61 Å². The quantitative estimate of drug-likeness (QED) is 0.574. The summed E-state index contributed by atoms with van der Waals surface area (Å²) in [6.45, 7) is 3.50. The third-order valence-corrected chi connectivity index (χ3v) is 5.84. The minimum atomic E-state index is -1.27. The third kappa shape index (κ3) is 2.40. The summed E-state index contributed by atoms with van der Waals surface area (Å²) < 4.78 is 5.66. The highest BCUT2D eigenvalue weighted by atomic mass is 16.6. The lowest BCUT2D eigenvalue weighted by molar-refractivity contribution is -0.0513. The van der Waals surface area contributed by atoms with Crippen molar-refractivity contribution in [3.05, 3.63) is 35.9 Å². The van der Waals surface area contributed by atoms with Gasteiger partial charge < -0.3 is 20.1 Å². The van der Waals surface area contributed by atoms with Crippen molar-refractivity contribution in [2.45, 2.75) is 49.3 Å². The molecule has 1 aromatic rings. The Labute approximate surface area is 162 Å². The van der Waals surface area contributed by atoms with Gasteiger partial charge in [-0.2, -0.15) is 0 Å². The van der Waals surface area contributed by atoms with Crippen LogP contribution in [0.5, 0.6) is 0 Å². The molecule has 1 aromatic carbocycles. The number of hydrogen-bond donors (Lipinski definition) is 4. The highest BCUT2D eigenvalue weighted by Crippen LogP contribution is 2.45. The summed E-state index contributed by atoms with van der Waals surface area (Å²) in [5.74, 6) is 0.410. The smallest absolute Gasteiger partial charge is 0.188 e. The van der Waals surface area contributed by atoms with Gasteiger partial charge in [0.1, 0.15) is 24.7 Å². The topological polar surface area (TPSA) is 134 Å². The average Bonchev–Trinajstić information content (AvgIpc) is 3.23. The molecule has 28 heavy (non-hydrogen) atoms. The highest BCUT2D eigenvalue weighted by molar-refractivity contribution is 6.25. The van der Waals surface area contributed by atoms with Crippen molar-refractivity contribution >= 4 is 24.3 Å². The summed E-state index contributed by atoms with van der Waals surface area (Å²) in [5.41, 5.74) is -0.954. The number of nitrogens with one attached hydrogen (secondary N) is 1. The Hall–Kier alpha value is -2.46. The summed E-state index contributed by atoms with van der Waals surface area (Å²) in [7, 11) is 0. The number of aliphatic hydroxyl groups excluding tert-OH is 3. The van der Waals surface area contributed by atoms with Crippen LogP contribution >= 0.6 is 0 Å². The minimum Gasteiger partial charge on any atom is -0.394 e. The second-order valence-electron chi connectivity index (χ2n) is 7.63. The number of aliphatic hydroxyl groups is 3. The summed E-state index contributed by atoms with van der Waals surface area (Å²) in [4.78, 5) is 14.7. The number of fused-ring (bicyclic) bond motifs is 1. The van der Waals surface area contributed by atoms with Gasteiger partial charge in [0, 0.05) is 5.41 Å². The first kappa shape index (κ1) is 18.9. The molecule has 4 N–H and O–H groups in total. The number of nitrogens with zero attached hydrogens (tertiary/aromatic N) is 4. The maximum Gasteiger partial charge on any atom is 0.188 e. The molecular weight excluding hydrogens is 362 g/mol. The van der Waals surface area contributed by atoms with Crippen molar-refractivity contribution in [1.82, 2.24) is 4.90 Å². The Balaban J connectivity index is 1.77. The monoisotopic (exact) mass is 385 g/mol. The van der Waals surface area contributed by atoms with E-state index >= 15 is 0 Å². The maximum absolute atomic E-state index is 10.4. The molecule has 1 fully saturated rings. The van der Waals surface area contributed by atoms with Gasteiger partial charge in [0.05, 0.1) is 12.9 Å². The van der Waals surface area contributed by atoms with Crippen LogP contribution in [-0.4, -0.2) is 81.3 Å². The van der Waals surface area contributed by atoms with Crippen LogP contribution in [0, 0.1) is 5.41 Å². The number of aliphatic imine (C=N–C) groups is 3. The molecule has 0 saturated carbocycles. The predicted octanol–water partition coefficient (Wildman–Crippen LogP) is -0.0964. The molecule has 4 rings (SSSR count). The molecule has 0 spiro atoms. The summed E-state index contributed by atoms with van der Waals surface area (Å²) in [6, 6.07) is 9.68. The van der Waals surface area contributed by atoms with E-state index in [1.807, 2.05) is 44.2 Å². The van der Waals surface area contributed by atoms with Gasteiger partial charge in [0.15, 0.2) is 23.4 Å². The average molecular weight is 385 g/mol. The van der Waals surface area contributed by atoms with Crippen molar-refractivity contribution in [2.24, 2.45) is 15.0 Å². The Morgan fingerprint density at radius 1 is 1.21 bits per heavy atom. The van der Waals surface area contributed by atoms with E-state index in [-0.39, 0.29) is 5.84 Å². The van der Waals surface area contributed by atoms with Gasteiger partial charge in [-0.15, -0.1) is 0 Å². The van der Waals surface area contributed by atoms with Crippen LogP contribution in [-0.2, 0) is 10.2 Å². The van der Waals surface area contributed by atoms with Gasteiger partial charge >= 0.3 is 0 Å². The molecule has 148 valence electrons. The lowest BCUT2D eigenvalue weighted by Crippen LogP contribution is -2.61. The second kappa shape index (κ2) is 6.56. The molecule has 0 amide bonds. The Morgan fingerprint density at radius 2 is 1.93 bits per heavy atom. The normalized spacial score (nSPS) is 34.7. The van der Waals surface area contributed by atoms with Crippen LogP contribution in [0.2, 0.25) is 0 Å². The molecule has 9 heteroatoms. The SMILES string of the molecule is CC(C)(c1ccccc1)C12N=CN([C@@H]3O[C@H](CO)[C@@H](O)[C@H]3O)C1=NC=NC2=N. The van der Waals surface area contributed by atoms with E-state index in [4.69, 9.17) is 10.1 Å². The van der Waals surface area contributed by atoms with E-state index in [9.17, 15) is 15.3 Å². The molecular formula is C19H23N5O4. The summed E-state index contributed by atoms with van der Waals surface area (Å²) >= 11 is 0. The number of rotatable bonds is 4. The molecule has 3 aliphatic heterocycles. The largest absolute Gasteiger partial charge is 0.394 e. The van der Waals surface area contributed by atoms with Crippen molar-refractivity contribution in [3.8, 4) is 0 Å². The van der Waals surface area contributed by atoms with Crippen LogP contribution in [0.15, 0.2) is 45.3 Å². The lowest BCUT2D eigenvalue weighted by atomic mass is 9.66. The van der Waals surface area contributed by atoms with Crippen molar-refractivity contribution < 1.29 is 20.1 Å². The molecule has 1 saturated heterocycles. The zero-order valence-corrected chi connectivity index (χ0v) is 15.6. The van der Waals surface area contributed by atoms with Gasteiger partial charge in [0.2, 0.25) is 0 Å². The number of ether oxygens (including phenoxy) is 1. The predicted molar refractivity (Wildman–Crippen MR) is 104 cm³/mol. The molecule has 0 aromatic heterocycles. The molecule has 0 aliphatic carbocycles. The molecule has 0 bridgehead atoms. The van der Waals surface area contributed by atoms with E-state index in [1.54, 1.807) is 0 Å². The standard InChI is InChI=1S/C19H23N5O4/c1-18(2,11-6-4-3-5-7-11)19-16(20)21-9-22-17(19)24(10-23-19)15-14(27)13(26)12(8-25)28-15/h3-7,9-10,12-15,20,25-27H,8H2,1-2H3/t12-,13-,14-,15-,19?/m1/s1. The fraction of sp³-hybridized carbons (Fsp3) is 0.474. The molecule has 1 unspecified atom stereocenters. The van der Waals surface area contributed by atoms with Gasteiger partial charge in [-0.25, -0.2) is 9.98 Å². The van der Waals surface area contributed by atoms with Gasteiger partial charge in [-0.05, 0) is 5.56 Å². The van der Waals surface area contributed by atoms with E-state index in [1.165, 1.54) is 17.6 Å². The minimum absolute atomic E-state index is 0.0249. The zero-order valence-electron chi connectivity index (χ0n) is 15.6. The van der Waals surface area contributed by atoms with Crippen LogP contribution in [0.4, 0.5) is 0 Å². The number of amidine groups is 2. The molecule has 0 radical (unpaired) electrons. The van der Waals surface area contributed by atoms with Crippen LogP contribution < -0.4 is 0 Å². The van der Waals surface area contributed by atoms with E-state index in [0.29, 0.717) is 5.84 Å². The molecule has 3 heterocycles. The van der Waals surface area contributed by atoms with Crippen LogP contribution in [0.25, 0.3) is 0 Å². The first-order valence-corrected chi connectivity index (χ1v) is 9.06. The first-order valence-electron chi connectivity index (χ1n) is 9.06. The fourth-order valence-electron chi connectivity index (χ4n) is 4.11. The second-order valence-corrected chi connectivity index (χ2v) is 7.63. The first-order chi connectivity index (χ1) is 13.3. The van der Waals surface area contributed by atoms with E-state index in [0.717, 1.165) is 5.56 Å². The zero-order chi connectivity index (χ0) is 20.1. The van der Waals surface area contributed by atoms with E-state index < -0.39 is 42.1 Å². The van der Waals surface area contributed by atoms with Crippen molar-refractivity contribution in [1.29, 1.82) is 5.41 Å². The number of benzene rings is 1. The fourth-order valence-corrected chi connectivity index (χ4v) is 4.11. The third-order valence-electron chi connectivity index (χ3n) is 5.84. The summed E-state index contributed by atoms with van der Waals surface area (Å²) in [6.07, 6.45) is -1.66. The highest BCUT2D eigenvalue weighted by Gasteiger charge is 2.61. The van der Waals surface area contributed by atoms with E-state index in [2.05, 4.69) is 15.0 Å². The van der Waals surface area contributed by atoms with Crippen LogP contribution in [0.3, 0.4) is 0 Å².